The van der Waals surface area contributed by atoms with Crippen LogP contribution in [0.15, 0.2) is 53.1 Å². The summed E-state index contributed by atoms with van der Waals surface area (Å²) in [5, 5.41) is 7.50. The van der Waals surface area contributed by atoms with Crippen LogP contribution in [0.25, 0.3) is 11.5 Å². The molecule has 1 saturated heterocycles. The molecule has 138 valence electrons. The molecule has 0 radical (unpaired) electrons. The molecule has 7 nitrogen and oxygen atoms in total. The average Bonchev–Trinajstić information content (AvgIpc) is 3.39. The van der Waals surface area contributed by atoms with Gasteiger partial charge in [-0.3, -0.25) is 14.7 Å². The number of halogens is 1. The van der Waals surface area contributed by atoms with Crippen LogP contribution in [0.2, 0.25) is 5.02 Å². The molecule has 1 aliphatic rings. The monoisotopic (exact) mass is 384 g/mol. The van der Waals surface area contributed by atoms with Gasteiger partial charge in [0.1, 0.15) is 5.69 Å². The number of nitrogens with zero attached hydrogens (tertiary/aromatic N) is 3. The summed E-state index contributed by atoms with van der Waals surface area (Å²) < 4.78 is 5.30. The normalized spacial score (nSPS) is 14.4. The third kappa shape index (κ3) is 3.59. The number of carbonyl (C=O) groups is 2. The summed E-state index contributed by atoms with van der Waals surface area (Å²) in [6, 6.07) is 12.1. The van der Waals surface area contributed by atoms with E-state index in [2.05, 4.69) is 10.2 Å². The van der Waals surface area contributed by atoms with Crippen molar-refractivity contribution < 1.29 is 14.0 Å². The Labute approximate surface area is 160 Å². The topological polar surface area (TPSA) is 82.4 Å². The van der Waals surface area contributed by atoms with Gasteiger partial charge in [0.15, 0.2) is 11.5 Å². The van der Waals surface area contributed by atoms with E-state index in [9.17, 15) is 9.59 Å². The van der Waals surface area contributed by atoms with Gasteiger partial charge in [-0.15, -0.1) is 0 Å². The quantitative estimate of drug-likeness (QED) is 0.752. The Morgan fingerprint density at radius 2 is 1.67 bits per heavy atom. The van der Waals surface area contributed by atoms with E-state index in [1.54, 1.807) is 58.5 Å². The van der Waals surface area contributed by atoms with Gasteiger partial charge in [0.2, 0.25) is 0 Å². The van der Waals surface area contributed by atoms with Crippen molar-refractivity contribution in [3.05, 3.63) is 65.0 Å². The van der Waals surface area contributed by atoms with Crippen LogP contribution in [0, 0.1) is 0 Å². The Balaban J connectivity index is 1.38. The number of carbonyl (C=O) groups excluding carboxylic acids is 2. The predicted octanol–water partition coefficient (Wildman–Crippen LogP) is 2.92. The van der Waals surface area contributed by atoms with Crippen molar-refractivity contribution in [1.29, 1.82) is 0 Å². The van der Waals surface area contributed by atoms with E-state index in [1.165, 1.54) is 0 Å². The zero-order valence-electron chi connectivity index (χ0n) is 14.4. The summed E-state index contributed by atoms with van der Waals surface area (Å²) in [5.41, 5.74) is 1.58. The number of hydrogen-bond acceptors (Lipinski definition) is 4. The minimum absolute atomic E-state index is 0.0568. The van der Waals surface area contributed by atoms with Crippen molar-refractivity contribution in [3.8, 4) is 11.5 Å². The first-order valence-electron chi connectivity index (χ1n) is 8.55. The Hall–Kier alpha value is -3.06. The fourth-order valence-corrected chi connectivity index (χ4v) is 3.16. The van der Waals surface area contributed by atoms with Crippen molar-refractivity contribution in [3.63, 3.8) is 0 Å². The number of aromatic nitrogens is 2. The van der Waals surface area contributed by atoms with Gasteiger partial charge in [-0.2, -0.15) is 5.10 Å². The van der Waals surface area contributed by atoms with Crippen molar-refractivity contribution in [1.82, 2.24) is 20.0 Å². The minimum Gasteiger partial charge on any atom is -0.463 e. The molecule has 0 spiro atoms. The number of H-pyrrole nitrogens is 1. The lowest BCUT2D eigenvalue weighted by atomic mass is 10.1. The van der Waals surface area contributed by atoms with E-state index in [1.807, 2.05) is 0 Å². The first kappa shape index (κ1) is 17.4. The number of piperazine rings is 1. The minimum atomic E-state index is -0.164. The highest BCUT2D eigenvalue weighted by atomic mass is 35.5. The number of amides is 2. The molecule has 1 aromatic carbocycles. The highest BCUT2D eigenvalue weighted by Gasteiger charge is 2.27. The molecule has 0 saturated carbocycles. The van der Waals surface area contributed by atoms with Gasteiger partial charge in [-0.05, 0) is 36.4 Å². The number of rotatable bonds is 3. The molecule has 3 heterocycles. The van der Waals surface area contributed by atoms with Gasteiger partial charge in [0, 0.05) is 42.8 Å². The molecular weight excluding hydrogens is 368 g/mol. The van der Waals surface area contributed by atoms with Crippen LogP contribution in [0.4, 0.5) is 0 Å². The van der Waals surface area contributed by atoms with Crippen LogP contribution >= 0.6 is 11.6 Å². The summed E-state index contributed by atoms with van der Waals surface area (Å²) in [6.45, 7) is 1.87. The van der Waals surface area contributed by atoms with E-state index in [0.717, 1.165) is 0 Å². The molecule has 0 unspecified atom stereocenters. The Morgan fingerprint density at radius 1 is 1.00 bits per heavy atom. The van der Waals surface area contributed by atoms with Gasteiger partial charge in [-0.25, -0.2) is 0 Å². The second-order valence-corrected chi connectivity index (χ2v) is 6.67. The maximum atomic E-state index is 12.7. The second kappa shape index (κ2) is 7.28. The molecular formula is C19H17ClN4O3. The number of hydrogen-bond donors (Lipinski definition) is 1. The SMILES string of the molecule is O=C(c1ccc(Cl)cc1)N1CCN(C(=O)c2cc(-c3ccco3)[nH]n2)CC1. The zero-order chi connectivity index (χ0) is 18.8. The molecule has 0 aliphatic carbocycles. The highest BCUT2D eigenvalue weighted by molar-refractivity contribution is 6.30. The number of benzene rings is 1. The van der Waals surface area contributed by atoms with Crippen molar-refractivity contribution >= 4 is 23.4 Å². The molecule has 3 aromatic rings. The Morgan fingerprint density at radius 3 is 2.30 bits per heavy atom. The molecule has 0 atom stereocenters. The van der Waals surface area contributed by atoms with Crippen molar-refractivity contribution in [2.24, 2.45) is 0 Å². The predicted molar refractivity (Wildman–Crippen MR) is 99.5 cm³/mol. The summed E-state index contributed by atoms with van der Waals surface area (Å²) in [7, 11) is 0. The zero-order valence-corrected chi connectivity index (χ0v) is 15.1. The van der Waals surface area contributed by atoms with E-state index < -0.39 is 0 Å². The van der Waals surface area contributed by atoms with Crippen LogP contribution in [0.3, 0.4) is 0 Å². The third-order valence-electron chi connectivity index (χ3n) is 4.53. The molecule has 0 bridgehead atoms. The fourth-order valence-electron chi connectivity index (χ4n) is 3.04. The second-order valence-electron chi connectivity index (χ2n) is 6.24. The van der Waals surface area contributed by atoms with Crippen molar-refractivity contribution in [2.45, 2.75) is 0 Å². The molecule has 2 aromatic heterocycles. The van der Waals surface area contributed by atoms with Gasteiger partial charge < -0.3 is 14.2 Å². The fraction of sp³-hybridized carbons (Fsp3) is 0.211. The van der Waals surface area contributed by atoms with Gasteiger partial charge in [0.05, 0.1) is 6.26 Å². The van der Waals surface area contributed by atoms with Crippen LogP contribution in [-0.2, 0) is 0 Å². The maximum absolute atomic E-state index is 12.7. The van der Waals surface area contributed by atoms with Gasteiger partial charge in [0.25, 0.3) is 11.8 Å². The summed E-state index contributed by atoms with van der Waals surface area (Å²) in [4.78, 5) is 28.6. The molecule has 8 heteroatoms. The van der Waals surface area contributed by atoms with E-state index in [0.29, 0.717) is 53.9 Å². The lowest BCUT2D eigenvalue weighted by Crippen LogP contribution is -2.50. The lowest BCUT2D eigenvalue weighted by Gasteiger charge is -2.34. The maximum Gasteiger partial charge on any atom is 0.274 e. The first-order valence-corrected chi connectivity index (χ1v) is 8.93. The number of aromatic amines is 1. The summed E-state index contributed by atoms with van der Waals surface area (Å²) >= 11 is 5.87. The molecule has 1 fully saturated rings. The van der Waals surface area contributed by atoms with Crippen LogP contribution in [0.1, 0.15) is 20.8 Å². The number of nitrogens with one attached hydrogen (secondary N) is 1. The van der Waals surface area contributed by atoms with Crippen LogP contribution in [0.5, 0.6) is 0 Å². The Bertz CT molecular complexity index is 942. The van der Waals surface area contributed by atoms with E-state index in [4.69, 9.17) is 16.0 Å². The van der Waals surface area contributed by atoms with Crippen LogP contribution < -0.4 is 0 Å². The molecule has 4 rings (SSSR count). The largest absolute Gasteiger partial charge is 0.463 e. The standard InChI is InChI=1S/C19H17ClN4O3/c20-14-5-3-13(4-6-14)18(25)23-7-9-24(10-8-23)19(26)16-12-15(21-22-16)17-2-1-11-27-17/h1-6,11-12H,7-10H2,(H,21,22). The van der Waals surface area contributed by atoms with Gasteiger partial charge >= 0.3 is 0 Å². The molecule has 27 heavy (non-hydrogen) atoms. The third-order valence-corrected chi connectivity index (χ3v) is 4.78. The molecule has 2 amide bonds. The van der Waals surface area contributed by atoms with E-state index in [-0.39, 0.29) is 11.8 Å². The summed E-state index contributed by atoms with van der Waals surface area (Å²) in [5.74, 6) is 0.404. The molecule has 1 aliphatic heterocycles. The highest BCUT2D eigenvalue weighted by Crippen LogP contribution is 2.19. The van der Waals surface area contributed by atoms with E-state index >= 15 is 0 Å². The number of furan rings is 1. The average molecular weight is 385 g/mol. The van der Waals surface area contributed by atoms with Crippen LogP contribution in [-0.4, -0.2) is 58.0 Å². The smallest absolute Gasteiger partial charge is 0.274 e. The van der Waals surface area contributed by atoms with Crippen molar-refractivity contribution in [2.75, 3.05) is 26.2 Å². The van der Waals surface area contributed by atoms with Gasteiger partial charge in [-0.1, -0.05) is 11.6 Å². The Kier molecular flexibility index (Phi) is 4.68. The lowest BCUT2D eigenvalue weighted by molar-refractivity contribution is 0.0532. The summed E-state index contributed by atoms with van der Waals surface area (Å²) in [6.07, 6.45) is 1.56. The molecule has 1 N–H and O–H groups in total. The first-order chi connectivity index (χ1) is 13.1.